The van der Waals surface area contributed by atoms with Crippen LogP contribution in [-0.4, -0.2) is 15.5 Å². The number of hydrogen-bond donors (Lipinski definition) is 1. The van der Waals surface area contributed by atoms with Crippen molar-refractivity contribution in [1.82, 2.24) is 9.55 Å². The van der Waals surface area contributed by atoms with Crippen molar-refractivity contribution in [2.45, 2.75) is 30.2 Å². The van der Waals surface area contributed by atoms with Gasteiger partial charge in [0, 0.05) is 14.7 Å². The summed E-state index contributed by atoms with van der Waals surface area (Å²) in [6.45, 7) is 3.62. The van der Waals surface area contributed by atoms with Crippen LogP contribution in [0.4, 0.5) is 5.69 Å². The molecule has 1 N–H and O–H groups in total. The SMILES string of the molecule is Cc1cc2c(=O)n(CC(=O)Nc3ccccc3Sc3ccccc3)c(C)nc2s1. The van der Waals surface area contributed by atoms with Crippen LogP contribution in [0.5, 0.6) is 0 Å². The fourth-order valence-electron chi connectivity index (χ4n) is 3.03. The Hall–Kier alpha value is -2.90. The van der Waals surface area contributed by atoms with Gasteiger partial charge in [-0.15, -0.1) is 11.3 Å². The number of nitrogens with zero attached hydrogens (tertiary/aromatic N) is 2. The first-order chi connectivity index (χ1) is 14.0. The smallest absolute Gasteiger partial charge is 0.262 e. The Balaban J connectivity index is 1.57. The minimum Gasteiger partial charge on any atom is -0.323 e. The van der Waals surface area contributed by atoms with E-state index in [-0.39, 0.29) is 18.0 Å². The Bertz CT molecular complexity index is 1250. The molecule has 2 heterocycles. The molecule has 0 atom stereocenters. The molecule has 29 heavy (non-hydrogen) atoms. The maximum absolute atomic E-state index is 12.8. The predicted molar refractivity (Wildman–Crippen MR) is 119 cm³/mol. The molecule has 0 unspecified atom stereocenters. The topological polar surface area (TPSA) is 64.0 Å². The molecule has 0 saturated heterocycles. The lowest BCUT2D eigenvalue weighted by Gasteiger charge is -2.13. The van der Waals surface area contributed by atoms with Crippen molar-refractivity contribution in [1.29, 1.82) is 0 Å². The summed E-state index contributed by atoms with van der Waals surface area (Å²) in [6, 6.07) is 19.4. The zero-order chi connectivity index (χ0) is 20.4. The number of para-hydroxylation sites is 1. The monoisotopic (exact) mass is 421 g/mol. The van der Waals surface area contributed by atoms with Crippen LogP contribution in [0.25, 0.3) is 10.2 Å². The van der Waals surface area contributed by atoms with Gasteiger partial charge in [0.15, 0.2) is 0 Å². The van der Waals surface area contributed by atoms with Gasteiger partial charge in [0.05, 0.1) is 11.1 Å². The van der Waals surface area contributed by atoms with E-state index in [0.29, 0.717) is 16.0 Å². The van der Waals surface area contributed by atoms with Crippen molar-refractivity contribution in [2.24, 2.45) is 0 Å². The normalized spacial score (nSPS) is 11.0. The van der Waals surface area contributed by atoms with Crippen molar-refractivity contribution < 1.29 is 4.79 Å². The van der Waals surface area contributed by atoms with E-state index in [1.165, 1.54) is 15.9 Å². The minimum absolute atomic E-state index is 0.0765. The number of thiophene rings is 1. The van der Waals surface area contributed by atoms with Crippen molar-refractivity contribution in [3.05, 3.63) is 81.7 Å². The minimum atomic E-state index is -0.260. The van der Waals surface area contributed by atoms with Gasteiger partial charge in [0.25, 0.3) is 5.56 Å². The third-order valence-corrected chi connectivity index (χ3v) is 6.43. The average molecular weight is 422 g/mol. The molecule has 0 aliphatic heterocycles. The molecular formula is C22H19N3O2S2. The molecular weight excluding hydrogens is 402 g/mol. The van der Waals surface area contributed by atoms with Crippen LogP contribution in [0, 0.1) is 13.8 Å². The van der Waals surface area contributed by atoms with E-state index in [9.17, 15) is 9.59 Å². The van der Waals surface area contributed by atoms with Gasteiger partial charge in [-0.25, -0.2) is 4.98 Å². The molecule has 0 aliphatic rings. The number of aromatic nitrogens is 2. The van der Waals surface area contributed by atoms with Crippen LogP contribution in [0.15, 0.2) is 75.2 Å². The van der Waals surface area contributed by atoms with Gasteiger partial charge in [-0.05, 0) is 44.2 Å². The first-order valence-corrected chi connectivity index (χ1v) is 10.7. The summed E-state index contributed by atoms with van der Waals surface area (Å²) in [7, 11) is 0. The number of nitrogens with one attached hydrogen (secondary N) is 1. The van der Waals surface area contributed by atoms with Gasteiger partial charge in [-0.1, -0.05) is 42.1 Å². The number of amides is 1. The van der Waals surface area contributed by atoms with Crippen LogP contribution in [-0.2, 0) is 11.3 Å². The van der Waals surface area contributed by atoms with Gasteiger partial charge in [0.1, 0.15) is 17.2 Å². The molecule has 2 aromatic carbocycles. The Kier molecular flexibility index (Phi) is 5.51. The number of benzene rings is 2. The summed E-state index contributed by atoms with van der Waals surface area (Å²) in [4.78, 5) is 33.8. The molecule has 5 nitrogen and oxygen atoms in total. The Morgan fingerprint density at radius 1 is 1.10 bits per heavy atom. The first-order valence-electron chi connectivity index (χ1n) is 9.10. The summed E-state index contributed by atoms with van der Waals surface area (Å²) >= 11 is 3.06. The quantitative estimate of drug-likeness (QED) is 0.500. The fourth-order valence-corrected chi connectivity index (χ4v) is 4.87. The maximum Gasteiger partial charge on any atom is 0.262 e. The van der Waals surface area contributed by atoms with E-state index in [1.54, 1.807) is 18.7 Å². The number of anilines is 1. The van der Waals surface area contributed by atoms with Crippen LogP contribution >= 0.6 is 23.1 Å². The molecule has 4 rings (SSSR count). The highest BCUT2D eigenvalue weighted by atomic mass is 32.2. The molecule has 0 radical (unpaired) electrons. The van der Waals surface area contributed by atoms with E-state index in [4.69, 9.17) is 0 Å². The molecule has 4 aromatic rings. The summed E-state index contributed by atoms with van der Waals surface area (Å²) in [5.74, 6) is 0.274. The van der Waals surface area contributed by atoms with Crippen LogP contribution < -0.4 is 10.9 Å². The lowest BCUT2D eigenvalue weighted by Crippen LogP contribution is -2.30. The average Bonchev–Trinajstić information content (AvgIpc) is 3.08. The molecule has 0 saturated carbocycles. The Morgan fingerprint density at radius 2 is 1.83 bits per heavy atom. The molecule has 7 heteroatoms. The highest BCUT2D eigenvalue weighted by Gasteiger charge is 2.14. The van der Waals surface area contributed by atoms with Gasteiger partial charge in [-0.2, -0.15) is 0 Å². The third-order valence-electron chi connectivity index (χ3n) is 4.40. The largest absolute Gasteiger partial charge is 0.323 e. The highest BCUT2D eigenvalue weighted by molar-refractivity contribution is 7.99. The lowest BCUT2D eigenvalue weighted by molar-refractivity contribution is -0.116. The molecule has 0 aliphatic carbocycles. The van der Waals surface area contributed by atoms with E-state index in [1.807, 2.05) is 67.6 Å². The van der Waals surface area contributed by atoms with E-state index in [0.717, 1.165) is 20.4 Å². The van der Waals surface area contributed by atoms with Crippen LogP contribution in [0.3, 0.4) is 0 Å². The molecule has 146 valence electrons. The van der Waals surface area contributed by atoms with Crippen molar-refractivity contribution >= 4 is 44.9 Å². The zero-order valence-corrected chi connectivity index (χ0v) is 17.6. The number of aryl methyl sites for hydroxylation is 2. The molecule has 0 fully saturated rings. The summed E-state index contributed by atoms with van der Waals surface area (Å²) in [5.41, 5.74) is 0.538. The van der Waals surface area contributed by atoms with Crippen molar-refractivity contribution in [2.75, 3.05) is 5.32 Å². The Labute approximate surface area is 176 Å². The number of hydrogen-bond acceptors (Lipinski definition) is 5. The second kappa shape index (κ2) is 8.23. The maximum atomic E-state index is 12.8. The lowest BCUT2D eigenvalue weighted by atomic mass is 10.3. The van der Waals surface area contributed by atoms with Crippen LogP contribution in [0.2, 0.25) is 0 Å². The van der Waals surface area contributed by atoms with Crippen molar-refractivity contribution in [3.8, 4) is 0 Å². The molecule has 0 bridgehead atoms. The van der Waals surface area contributed by atoms with Gasteiger partial charge >= 0.3 is 0 Å². The van der Waals surface area contributed by atoms with Gasteiger partial charge in [-0.3, -0.25) is 14.2 Å². The number of carbonyl (C=O) groups excluding carboxylic acids is 1. The van der Waals surface area contributed by atoms with E-state index < -0.39 is 0 Å². The molecule has 2 aromatic heterocycles. The predicted octanol–water partition coefficient (Wildman–Crippen LogP) is 4.86. The standard InChI is InChI=1S/C22H19N3O2S2/c1-14-12-17-21(28-14)23-15(2)25(22(17)27)13-20(26)24-18-10-6-7-11-19(18)29-16-8-4-3-5-9-16/h3-12H,13H2,1-2H3,(H,24,26). The third kappa shape index (κ3) is 4.26. The first kappa shape index (κ1) is 19.4. The van der Waals surface area contributed by atoms with E-state index in [2.05, 4.69) is 10.3 Å². The number of rotatable bonds is 5. The Morgan fingerprint density at radius 3 is 2.62 bits per heavy atom. The summed E-state index contributed by atoms with van der Waals surface area (Å²) in [6.07, 6.45) is 0. The van der Waals surface area contributed by atoms with Gasteiger partial charge < -0.3 is 5.32 Å². The second-order valence-corrected chi connectivity index (χ2v) is 8.94. The van der Waals surface area contributed by atoms with Crippen molar-refractivity contribution in [3.63, 3.8) is 0 Å². The number of carbonyl (C=O) groups is 1. The second-order valence-electron chi connectivity index (χ2n) is 6.59. The summed E-state index contributed by atoms with van der Waals surface area (Å²) < 4.78 is 1.43. The molecule has 1 amide bonds. The van der Waals surface area contributed by atoms with E-state index >= 15 is 0 Å². The molecule has 0 spiro atoms. The number of fused-ring (bicyclic) bond motifs is 1. The fraction of sp³-hybridized carbons (Fsp3) is 0.136. The zero-order valence-electron chi connectivity index (χ0n) is 16.0. The highest BCUT2D eigenvalue weighted by Crippen LogP contribution is 2.33. The summed E-state index contributed by atoms with van der Waals surface area (Å²) in [5, 5.41) is 3.50. The van der Waals surface area contributed by atoms with Crippen LogP contribution in [0.1, 0.15) is 10.7 Å². The van der Waals surface area contributed by atoms with Gasteiger partial charge in [0.2, 0.25) is 5.91 Å².